The molecular weight excluding hydrogens is 414 g/mol. The maximum atomic E-state index is 11.5. The van der Waals surface area contributed by atoms with Crippen molar-refractivity contribution < 1.29 is 9.36 Å². The van der Waals surface area contributed by atoms with Crippen molar-refractivity contribution in [2.24, 2.45) is 0 Å². The molecule has 4 rings (SSSR count). The second-order valence-electron chi connectivity index (χ2n) is 8.37. The Morgan fingerprint density at radius 2 is 1.94 bits per heavy atom. The van der Waals surface area contributed by atoms with Gasteiger partial charge in [-0.15, -0.1) is 0 Å². The first kappa shape index (κ1) is 22.4. The van der Waals surface area contributed by atoms with Crippen LogP contribution in [0, 0.1) is 6.92 Å². The van der Waals surface area contributed by atoms with Crippen molar-refractivity contribution in [3.8, 4) is 0 Å². The number of nitrogens with zero attached hydrogens (tertiary/aromatic N) is 2. The van der Waals surface area contributed by atoms with E-state index in [2.05, 4.69) is 84.1 Å². The van der Waals surface area contributed by atoms with Gasteiger partial charge in [0.25, 0.3) is 0 Å². The van der Waals surface area contributed by atoms with Gasteiger partial charge in [0.2, 0.25) is 17.1 Å². The van der Waals surface area contributed by atoms with Gasteiger partial charge < -0.3 is 10.2 Å². The number of amides is 1. The highest BCUT2D eigenvalue weighted by Crippen LogP contribution is 2.47. The standard InChI is InChI=1S/C27H31N3OS/c1-5-7-8-15-30-25-14-11-22(28-20(4)31)17-26(25)32-27(30)18-23-12-10-21-16-19(3)9-13-24(21)29(23)6-2/h9-14,16-18H,5-8,15H2,1-4H3/p+1. The Morgan fingerprint density at radius 1 is 1.09 bits per heavy atom. The van der Waals surface area contributed by atoms with Crippen molar-refractivity contribution in [1.29, 1.82) is 0 Å². The van der Waals surface area contributed by atoms with Crippen LogP contribution in [-0.2, 0) is 11.3 Å². The SMILES string of the molecule is CCCCCN1/C(=C/c2ccc3cc(C)ccc3[n+]2CC)Sc2cc(NC(C)=O)ccc21. The number of aromatic nitrogens is 1. The lowest BCUT2D eigenvalue weighted by Crippen LogP contribution is -2.37. The van der Waals surface area contributed by atoms with E-state index in [0.29, 0.717) is 0 Å². The maximum absolute atomic E-state index is 11.5. The van der Waals surface area contributed by atoms with E-state index in [1.165, 1.54) is 50.6 Å². The van der Waals surface area contributed by atoms with E-state index in [0.717, 1.165) is 25.2 Å². The maximum Gasteiger partial charge on any atom is 0.221 e. The summed E-state index contributed by atoms with van der Waals surface area (Å²) < 4.78 is 2.39. The topological polar surface area (TPSA) is 36.2 Å². The number of carbonyl (C=O) groups excluding carboxylic acids is 1. The molecule has 1 aliphatic heterocycles. The number of benzene rings is 2. The highest BCUT2D eigenvalue weighted by atomic mass is 32.2. The quantitative estimate of drug-likeness (QED) is 0.332. The van der Waals surface area contributed by atoms with E-state index in [-0.39, 0.29) is 5.91 Å². The highest BCUT2D eigenvalue weighted by molar-refractivity contribution is 8.03. The van der Waals surface area contributed by atoms with Gasteiger partial charge in [-0.3, -0.25) is 4.79 Å². The molecule has 0 saturated carbocycles. The van der Waals surface area contributed by atoms with Crippen molar-refractivity contribution in [1.82, 2.24) is 0 Å². The summed E-state index contributed by atoms with van der Waals surface area (Å²) >= 11 is 1.79. The number of thioether (sulfide) groups is 1. The summed E-state index contributed by atoms with van der Waals surface area (Å²) in [7, 11) is 0. The summed E-state index contributed by atoms with van der Waals surface area (Å²) in [4.78, 5) is 15.1. The molecule has 1 aromatic heterocycles. The van der Waals surface area contributed by atoms with Crippen LogP contribution in [0.1, 0.15) is 51.3 Å². The van der Waals surface area contributed by atoms with E-state index in [1.54, 1.807) is 18.7 Å². The second-order valence-corrected chi connectivity index (χ2v) is 9.43. The van der Waals surface area contributed by atoms with Crippen LogP contribution in [0.2, 0.25) is 0 Å². The summed E-state index contributed by atoms with van der Waals surface area (Å²) in [6.07, 6.45) is 5.90. The predicted molar refractivity (Wildman–Crippen MR) is 136 cm³/mol. The molecule has 32 heavy (non-hydrogen) atoms. The predicted octanol–water partition coefficient (Wildman–Crippen LogP) is 6.51. The Kier molecular flexibility index (Phi) is 6.85. The van der Waals surface area contributed by atoms with Gasteiger partial charge in [-0.25, -0.2) is 0 Å². The first-order chi connectivity index (χ1) is 15.5. The molecule has 0 unspecified atom stereocenters. The first-order valence-corrected chi connectivity index (χ1v) is 12.3. The molecule has 1 amide bonds. The number of hydrogen-bond donors (Lipinski definition) is 1. The molecule has 0 saturated heterocycles. The van der Waals surface area contributed by atoms with Crippen LogP contribution < -0.4 is 14.8 Å². The van der Waals surface area contributed by atoms with Gasteiger partial charge in [-0.2, -0.15) is 4.57 Å². The third-order valence-corrected chi connectivity index (χ3v) is 6.94. The van der Waals surface area contributed by atoms with E-state index < -0.39 is 0 Å². The third-order valence-electron chi connectivity index (χ3n) is 5.84. The molecule has 2 heterocycles. The third kappa shape index (κ3) is 4.68. The van der Waals surface area contributed by atoms with Crippen LogP contribution in [0.25, 0.3) is 17.0 Å². The van der Waals surface area contributed by atoms with Crippen LogP contribution >= 0.6 is 11.8 Å². The van der Waals surface area contributed by atoms with Gasteiger partial charge in [-0.1, -0.05) is 43.2 Å². The lowest BCUT2D eigenvalue weighted by Gasteiger charge is -2.20. The molecule has 2 aromatic carbocycles. The number of anilines is 2. The van der Waals surface area contributed by atoms with Crippen LogP contribution in [0.4, 0.5) is 11.4 Å². The highest BCUT2D eigenvalue weighted by Gasteiger charge is 2.27. The molecule has 0 radical (unpaired) electrons. The molecule has 166 valence electrons. The van der Waals surface area contributed by atoms with Crippen molar-refractivity contribution in [3.05, 3.63) is 64.8 Å². The van der Waals surface area contributed by atoms with Gasteiger partial charge in [-0.05, 0) is 50.6 Å². The van der Waals surface area contributed by atoms with Crippen LogP contribution in [-0.4, -0.2) is 12.5 Å². The van der Waals surface area contributed by atoms with Gasteiger partial charge in [0, 0.05) is 47.6 Å². The van der Waals surface area contributed by atoms with E-state index in [1.807, 2.05) is 6.07 Å². The van der Waals surface area contributed by atoms with Gasteiger partial charge in [0.1, 0.15) is 6.54 Å². The summed E-state index contributed by atoms with van der Waals surface area (Å²) in [6, 6.07) is 17.3. The van der Waals surface area contributed by atoms with Crippen molar-refractivity contribution in [2.45, 2.75) is 58.4 Å². The van der Waals surface area contributed by atoms with Crippen LogP contribution in [0.15, 0.2) is 58.5 Å². The average molecular weight is 447 g/mol. The minimum Gasteiger partial charge on any atom is -0.335 e. The average Bonchev–Trinajstić information content (AvgIpc) is 3.09. The molecule has 0 bridgehead atoms. The lowest BCUT2D eigenvalue weighted by molar-refractivity contribution is -0.669. The summed E-state index contributed by atoms with van der Waals surface area (Å²) in [5.41, 5.74) is 5.83. The minimum atomic E-state index is -0.0427. The van der Waals surface area contributed by atoms with Gasteiger partial charge in [0.05, 0.1) is 10.7 Å². The Balaban J connectivity index is 1.74. The normalized spacial score (nSPS) is 14.2. The molecule has 0 atom stereocenters. The molecule has 1 aliphatic rings. The molecule has 5 heteroatoms. The van der Waals surface area contributed by atoms with Crippen molar-refractivity contribution >= 4 is 46.0 Å². The molecule has 0 aliphatic carbocycles. The van der Waals surface area contributed by atoms with E-state index >= 15 is 0 Å². The Labute approximate surface area is 195 Å². The fourth-order valence-electron chi connectivity index (χ4n) is 4.31. The second kappa shape index (κ2) is 9.78. The van der Waals surface area contributed by atoms with Crippen LogP contribution in [0.5, 0.6) is 0 Å². The monoisotopic (exact) mass is 446 g/mol. The van der Waals surface area contributed by atoms with Crippen molar-refractivity contribution in [3.63, 3.8) is 0 Å². The number of nitrogens with one attached hydrogen (secondary N) is 1. The number of rotatable bonds is 7. The smallest absolute Gasteiger partial charge is 0.221 e. The van der Waals surface area contributed by atoms with Gasteiger partial charge in [0.15, 0.2) is 0 Å². The largest absolute Gasteiger partial charge is 0.335 e. The molecule has 4 nitrogen and oxygen atoms in total. The fraction of sp³-hybridized carbons (Fsp3) is 0.333. The van der Waals surface area contributed by atoms with Crippen LogP contribution in [0.3, 0.4) is 0 Å². The molecular formula is C27H32N3OS+. The molecule has 0 fully saturated rings. The Bertz CT molecular complexity index is 1180. The van der Waals surface area contributed by atoms with Crippen molar-refractivity contribution in [2.75, 3.05) is 16.8 Å². The number of unbranched alkanes of at least 4 members (excludes halogenated alkanes) is 2. The summed E-state index contributed by atoms with van der Waals surface area (Å²) in [6.45, 7) is 10.0. The Hall–Kier alpha value is -2.79. The zero-order valence-electron chi connectivity index (χ0n) is 19.4. The fourth-order valence-corrected chi connectivity index (χ4v) is 5.48. The lowest BCUT2D eigenvalue weighted by atomic mass is 10.1. The zero-order chi connectivity index (χ0) is 22.7. The van der Waals surface area contributed by atoms with Gasteiger partial charge >= 0.3 is 0 Å². The zero-order valence-corrected chi connectivity index (χ0v) is 20.3. The van der Waals surface area contributed by atoms with E-state index in [4.69, 9.17) is 0 Å². The number of aryl methyl sites for hydroxylation is 2. The summed E-state index contributed by atoms with van der Waals surface area (Å²) in [5, 5.41) is 5.43. The number of pyridine rings is 1. The number of hydrogen-bond acceptors (Lipinski definition) is 3. The van der Waals surface area contributed by atoms with E-state index in [9.17, 15) is 4.79 Å². The number of fused-ring (bicyclic) bond motifs is 2. The molecule has 1 N–H and O–H groups in total. The number of carbonyl (C=O) groups is 1. The first-order valence-electron chi connectivity index (χ1n) is 11.5. The Morgan fingerprint density at radius 3 is 2.69 bits per heavy atom. The molecule has 0 spiro atoms. The summed E-state index contributed by atoms with van der Waals surface area (Å²) in [5.74, 6) is -0.0427. The minimum absolute atomic E-state index is 0.0427. The molecule has 3 aromatic rings.